The van der Waals surface area contributed by atoms with Gasteiger partial charge < -0.3 is 21.7 Å². The Hall–Kier alpha value is -0.990. The third kappa shape index (κ3) is 4.24. The third-order valence-electron chi connectivity index (χ3n) is 3.48. The molecule has 1 amide bonds. The zero-order chi connectivity index (χ0) is 15.4. The number of nitrogens with zero attached hydrogens (tertiary/aromatic N) is 2. The number of nitrogens with one attached hydrogen (secondary N) is 1. The molecule has 1 fully saturated rings. The van der Waals surface area contributed by atoms with E-state index in [2.05, 4.69) is 21.5 Å². The minimum atomic E-state index is -0.131. The molecule has 2 rings (SSSR count). The van der Waals surface area contributed by atoms with Gasteiger partial charge in [-0.15, -0.1) is 0 Å². The second-order valence-electron chi connectivity index (χ2n) is 5.36. The molecule has 2 atom stereocenters. The van der Waals surface area contributed by atoms with E-state index in [1.54, 1.807) is 11.8 Å². The second-order valence-corrected chi connectivity index (χ2v) is 7.32. The highest BCUT2D eigenvalue weighted by Crippen LogP contribution is 2.30. The van der Waals surface area contributed by atoms with Crippen molar-refractivity contribution in [2.75, 3.05) is 35.7 Å². The molecular formula is C13H23N5OS2. The number of thioether (sulfide) groups is 1. The Labute approximate surface area is 133 Å². The van der Waals surface area contributed by atoms with Crippen LogP contribution in [0.3, 0.4) is 0 Å². The van der Waals surface area contributed by atoms with E-state index in [4.69, 9.17) is 11.5 Å². The van der Waals surface area contributed by atoms with Crippen molar-refractivity contribution in [1.29, 1.82) is 0 Å². The molecule has 1 aromatic heterocycles. The van der Waals surface area contributed by atoms with Crippen LogP contribution in [-0.2, 0) is 0 Å². The molecule has 0 aromatic carbocycles. The quantitative estimate of drug-likeness (QED) is 0.724. The summed E-state index contributed by atoms with van der Waals surface area (Å²) in [7, 11) is 0. The lowest BCUT2D eigenvalue weighted by Gasteiger charge is -2.13. The van der Waals surface area contributed by atoms with Crippen molar-refractivity contribution in [2.45, 2.75) is 31.8 Å². The van der Waals surface area contributed by atoms with Crippen LogP contribution < -0.4 is 21.7 Å². The van der Waals surface area contributed by atoms with Gasteiger partial charge in [-0.2, -0.15) is 11.8 Å². The average molecular weight is 329 g/mol. The maximum Gasteiger partial charge on any atom is 0.265 e. The molecule has 118 valence electrons. The first-order valence-electron chi connectivity index (χ1n) is 7.08. The molecule has 0 aliphatic carbocycles. The number of amides is 1. The van der Waals surface area contributed by atoms with Crippen molar-refractivity contribution in [3.05, 3.63) is 4.88 Å². The van der Waals surface area contributed by atoms with Gasteiger partial charge in [-0.1, -0.05) is 11.3 Å². The van der Waals surface area contributed by atoms with Crippen molar-refractivity contribution < 1.29 is 4.79 Å². The number of hydrogen-bond acceptors (Lipinski definition) is 7. The van der Waals surface area contributed by atoms with E-state index < -0.39 is 0 Å². The number of rotatable bonds is 6. The number of nitrogens with two attached hydrogens (primary N) is 2. The lowest BCUT2D eigenvalue weighted by Crippen LogP contribution is -2.32. The molecule has 21 heavy (non-hydrogen) atoms. The number of hydrogen-bond donors (Lipinski definition) is 3. The van der Waals surface area contributed by atoms with Crippen LogP contribution in [0.15, 0.2) is 0 Å². The largest absolute Gasteiger partial charge is 0.382 e. The van der Waals surface area contributed by atoms with Gasteiger partial charge in [-0.05, 0) is 31.8 Å². The Balaban J connectivity index is 1.99. The predicted octanol–water partition coefficient (Wildman–Crippen LogP) is 1.13. The van der Waals surface area contributed by atoms with Crippen molar-refractivity contribution >= 4 is 40.0 Å². The number of carbonyl (C=O) groups is 1. The van der Waals surface area contributed by atoms with E-state index >= 15 is 0 Å². The van der Waals surface area contributed by atoms with E-state index in [1.807, 2.05) is 6.92 Å². The van der Waals surface area contributed by atoms with Crippen LogP contribution in [0.1, 0.15) is 29.4 Å². The normalized spacial score (nSPS) is 19.8. The Kier molecular flexibility index (Phi) is 5.72. The number of anilines is 2. The summed E-state index contributed by atoms with van der Waals surface area (Å²) >= 11 is 3.12. The van der Waals surface area contributed by atoms with Crippen molar-refractivity contribution in [1.82, 2.24) is 10.3 Å². The molecule has 5 N–H and O–H groups in total. The minimum Gasteiger partial charge on any atom is -0.382 e. The molecule has 1 aromatic rings. The van der Waals surface area contributed by atoms with Crippen molar-refractivity contribution in [3.8, 4) is 0 Å². The monoisotopic (exact) mass is 329 g/mol. The zero-order valence-corrected chi connectivity index (χ0v) is 14.1. The lowest BCUT2D eigenvalue weighted by molar-refractivity contribution is 0.0944. The Morgan fingerprint density at radius 2 is 2.43 bits per heavy atom. The first-order chi connectivity index (χ1) is 10.0. The number of thiazole rings is 1. The molecule has 0 spiro atoms. The summed E-state index contributed by atoms with van der Waals surface area (Å²) in [4.78, 5) is 19.2. The van der Waals surface area contributed by atoms with E-state index in [1.165, 1.54) is 11.3 Å². The van der Waals surface area contributed by atoms with E-state index in [0.29, 0.717) is 10.7 Å². The summed E-state index contributed by atoms with van der Waals surface area (Å²) in [6.07, 6.45) is 3.95. The maximum absolute atomic E-state index is 12.3. The third-order valence-corrected chi connectivity index (χ3v) is 5.25. The summed E-state index contributed by atoms with van der Waals surface area (Å²) < 4.78 is 0. The highest BCUT2D eigenvalue weighted by molar-refractivity contribution is 7.98. The van der Waals surface area contributed by atoms with Gasteiger partial charge in [0.15, 0.2) is 5.13 Å². The van der Waals surface area contributed by atoms with Gasteiger partial charge in [0, 0.05) is 25.2 Å². The van der Waals surface area contributed by atoms with Gasteiger partial charge in [-0.25, -0.2) is 4.98 Å². The molecule has 0 radical (unpaired) electrons. The molecule has 0 bridgehead atoms. The Morgan fingerprint density at radius 1 is 1.67 bits per heavy atom. The summed E-state index contributed by atoms with van der Waals surface area (Å²) in [5.74, 6) is 1.20. The SMILES string of the molecule is CSCCC(C)NC(=O)c1sc(N2CCC(N)C2)nc1N. The number of aromatic nitrogens is 1. The molecule has 2 heterocycles. The van der Waals surface area contributed by atoms with Gasteiger partial charge in [0.1, 0.15) is 10.7 Å². The van der Waals surface area contributed by atoms with Crippen LogP contribution in [0, 0.1) is 0 Å². The molecule has 6 nitrogen and oxygen atoms in total. The lowest BCUT2D eigenvalue weighted by atomic mass is 10.2. The van der Waals surface area contributed by atoms with Crippen LogP contribution in [0.4, 0.5) is 10.9 Å². The average Bonchev–Trinajstić information content (AvgIpc) is 3.02. The molecular weight excluding hydrogens is 306 g/mol. The van der Waals surface area contributed by atoms with Crippen molar-refractivity contribution in [2.24, 2.45) is 5.73 Å². The van der Waals surface area contributed by atoms with Crippen molar-refractivity contribution in [3.63, 3.8) is 0 Å². The van der Waals surface area contributed by atoms with Gasteiger partial charge in [0.2, 0.25) is 0 Å². The Bertz CT molecular complexity index is 493. The molecule has 1 aliphatic rings. The summed E-state index contributed by atoms with van der Waals surface area (Å²) in [6, 6.07) is 0.314. The molecule has 0 saturated carbocycles. The fourth-order valence-electron chi connectivity index (χ4n) is 2.24. The fourth-order valence-corrected chi connectivity index (χ4v) is 3.75. The zero-order valence-electron chi connectivity index (χ0n) is 12.5. The van der Waals surface area contributed by atoms with E-state index in [-0.39, 0.29) is 18.0 Å². The van der Waals surface area contributed by atoms with Gasteiger partial charge >= 0.3 is 0 Å². The standard InChI is InChI=1S/C13H23N5OS2/c1-8(4-6-20-2)16-12(19)10-11(15)17-13(21-10)18-5-3-9(14)7-18/h8-9H,3-7,14-15H2,1-2H3,(H,16,19). The second kappa shape index (κ2) is 7.33. The number of nitrogen functional groups attached to an aromatic ring is 1. The van der Waals surface area contributed by atoms with Gasteiger partial charge in [0.05, 0.1) is 0 Å². The van der Waals surface area contributed by atoms with Crippen LogP contribution in [0.25, 0.3) is 0 Å². The van der Waals surface area contributed by atoms with Crippen LogP contribution >= 0.6 is 23.1 Å². The summed E-state index contributed by atoms with van der Waals surface area (Å²) in [5.41, 5.74) is 11.8. The topological polar surface area (TPSA) is 97.3 Å². The molecule has 8 heteroatoms. The molecule has 1 saturated heterocycles. The number of carbonyl (C=O) groups excluding carboxylic acids is 1. The van der Waals surface area contributed by atoms with Crippen LogP contribution in [0.2, 0.25) is 0 Å². The highest BCUT2D eigenvalue weighted by atomic mass is 32.2. The van der Waals surface area contributed by atoms with Gasteiger partial charge in [0.25, 0.3) is 5.91 Å². The van der Waals surface area contributed by atoms with Crippen LogP contribution in [-0.4, -0.2) is 48.1 Å². The molecule has 2 unspecified atom stereocenters. The minimum absolute atomic E-state index is 0.131. The first kappa shape index (κ1) is 16.4. The first-order valence-corrected chi connectivity index (χ1v) is 9.29. The molecule has 1 aliphatic heterocycles. The van der Waals surface area contributed by atoms with E-state index in [9.17, 15) is 4.79 Å². The van der Waals surface area contributed by atoms with E-state index in [0.717, 1.165) is 36.8 Å². The highest BCUT2D eigenvalue weighted by Gasteiger charge is 2.25. The maximum atomic E-state index is 12.3. The van der Waals surface area contributed by atoms with Gasteiger partial charge in [-0.3, -0.25) is 4.79 Å². The summed E-state index contributed by atoms with van der Waals surface area (Å²) in [6.45, 7) is 3.66. The summed E-state index contributed by atoms with van der Waals surface area (Å²) in [5, 5.41) is 3.77. The predicted molar refractivity (Wildman–Crippen MR) is 91.3 cm³/mol. The van der Waals surface area contributed by atoms with Crippen LogP contribution in [0.5, 0.6) is 0 Å². The Morgan fingerprint density at radius 3 is 3.05 bits per heavy atom. The fraction of sp³-hybridized carbons (Fsp3) is 0.692. The smallest absolute Gasteiger partial charge is 0.265 e.